The maximum absolute atomic E-state index is 12.2. The topological polar surface area (TPSA) is 114 Å². The molecule has 0 saturated heterocycles. The Hall–Kier alpha value is -2.42. The van der Waals surface area contributed by atoms with Crippen LogP contribution in [0.25, 0.3) is 0 Å². The fraction of sp³-hybridized carbons (Fsp3) is 0.438. The number of carboxylic acids is 1. The van der Waals surface area contributed by atoms with E-state index in [4.69, 9.17) is 14.6 Å². The number of aliphatic carboxylic acids is 1. The summed E-state index contributed by atoms with van der Waals surface area (Å²) in [5, 5.41) is 13.8. The van der Waals surface area contributed by atoms with Gasteiger partial charge in [-0.25, -0.2) is 9.59 Å². The Morgan fingerprint density at radius 2 is 1.80 bits per heavy atom. The maximum Gasteiger partial charge on any atom is 0.407 e. The molecule has 0 heterocycles. The monoisotopic (exact) mass is 370 g/mol. The van der Waals surface area contributed by atoms with Gasteiger partial charge in [-0.1, -0.05) is 0 Å². The van der Waals surface area contributed by atoms with Crippen molar-refractivity contribution in [3.8, 4) is 5.75 Å². The van der Waals surface area contributed by atoms with Crippen LogP contribution in [0.4, 0.5) is 4.79 Å². The highest BCUT2D eigenvalue weighted by atomic mass is 32.1. The number of ether oxygens (including phenoxy) is 2. The second kappa shape index (κ2) is 9.16. The summed E-state index contributed by atoms with van der Waals surface area (Å²) in [6.45, 7) is 5.02. The third-order valence-electron chi connectivity index (χ3n) is 2.64. The molecule has 0 aliphatic heterocycles. The summed E-state index contributed by atoms with van der Waals surface area (Å²) < 4.78 is 10.2. The van der Waals surface area contributed by atoms with Crippen LogP contribution in [-0.2, 0) is 9.53 Å². The van der Waals surface area contributed by atoms with E-state index in [9.17, 15) is 14.4 Å². The standard InChI is InChI=1S/C16H22N2O6S/c1-16(2,3)24-15(22)18-7-6-17-14(21)11-5-4-10(25)8-12(11)23-9-13(19)20/h4-5,8,25H,6-7,9H2,1-3H3,(H,17,21)(H,18,22)(H,19,20). The minimum absolute atomic E-state index is 0.118. The highest BCUT2D eigenvalue weighted by Gasteiger charge is 2.16. The van der Waals surface area contributed by atoms with Crippen LogP contribution in [0.15, 0.2) is 23.1 Å². The largest absolute Gasteiger partial charge is 0.481 e. The van der Waals surface area contributed by atoms with Gasteiger partial charge in [0.15, 0.2) is 6.61 Å². The van der Waals surface area contributed by atoms with Crippen LogP contribution in [0.2, 0.25) is 0 Å². The van der Waals surface area contributed by atoms with Crippen molar-refractivity contribution in [1.29, 1.82) is 0 Å². The average molecular weight is 370 g/mol. The number of carbonyl (C=O) groups excluding carboxylic acids is 2. The third kappa shape index (κ3) is 8.30. The van der Waals surface area contributed by atoms with Gasteiger partial charge >= 0.3 is 12.1 Å². The Bertz CT molecular complexity index is 642. The number of nitrogens with one attached hydrogen (secondary N) is 2. The molecule has 0 spiro atoms. The van der Waals surface area contributed by atoms with Crippen LogP contribution in [0.3, 0.4) is 0 Å². The summed E-state index contributed by atoms with van der Waals surface area (Å²) in [6, 6.07) is 4.53. The molecule has 1 aromatic rings. The Kier molecular flexibility index (Phi) is 7.56. The van der Waals surface area contributed by atoms with Gasteiger partial charge < -0.3 is 25.2 Å². The number of benzene rings is 1. The Balaban J connectivity index is 2.54. The number of hydrogen-bond donors (Lipinski definition) is 4. The van der Waals surface area contributed by atoms with E-state index in [1.54, 1.807) is 26.8 Å². The number of amides is 2. The van der Waals surface area contributed by atoms with Gasteiger partial charge in [0, 0.05) is 18.0 Å². The van der Waals surface area contributed by atoms with Gasteiger partial charge in [0.1, 0.15) is 11.4 Å². The number of thiol groups is 1. The highest BCUT2D eigenvalue weighted by Crippen LogP contribution is 2.22. The lowest BCUT2D eigenvalue weighted by Crippen LogP contribution is -2.38. The zero-order valence-electron chi connectivity index (χ0n) is 14.3. The molecular weight excluding hydrogens is 348 g/mol. The van der Waals surface area contributed by atoms with Crippen molar-refractivity contribution in [3.63, 3.8) is 0 Å². The van der Waals surface area contributed by atoms with E-state index in [1.807, 2.05) is 0 Å². The average Bonchev–Trinajstić information content (AvgIpc) is 2.47. The number of carbonyl (C=O) groups is 3. The molecule has 3 N–H and O–H groups in total. The van der Waals surface area contributed by atoms with Crippen LogP contribution in [0.1, 0.15) is 31.1 Å². The molecule has 0 unspecified atom stereocenters. The second-order valence-electron chi connectivity index (χ2n) is 6.05. The van der Waals surface area contributed by atoms with Gasteiger partial charge in [0.25, 0.3) is 5.91 Å². The number of alkyl carbamates (subject to hydrolysis) is 1. The minimum Gasteiger partial charge on any atom is -0.481 e. The molecule has 0 aliphatic rings. The lowest BCUT2D eigenvalue weighted by atomic mass is 10.2. The molecule has 0 saturated carbocycles. The molecule has 0 bridgehead atoms. The predicted molar refractivity (Wildman–Crippen MR) is 93.4 cm³/mol. The maximum atomic E-state index is 12.2. The van der Waals surface area contributed by atoms with Crippen LogP contribution in [-0.4, -0.2) is 48.4 Å². The molecule has 25 heavy (non-hydrogen) atoms. The van der Waals surface area contributed by atoms with Crippen molar-refractivity contribution in [1.82, 2.24) is 10.6 Å². The fourth-order valence-electron chi connectivity index (χ4n) is 1.71. The van der Waals surface area contributed by atoms with Gasteiger partial charge in [-0.2, -0.15) is 0 Å². The first-order valence-corrected chi connectivity index (χ1v) is 7.96. The first-order valence-electron chi connectivity index (χ1n) is 7.51. The fourth-order valence-corrected chi connectivity index (χ4v) is 1.90. The molecule has 0 fully saturated rings. The van der Waals surface area contributed by atoms with E-state index in [0.717, 1.165) is 0 Å². The molecule has 8 nitrogen and oxygen atoms in total. The zero-order valence-corrected chi connectivity index (χ0v) is 15.2. The predicted octanol–water partition coefficient (Wildman–Crippen LogP) is 1.69. The Labute approximate surface area is 151 Å². The summed E-state index contributed by atoms with van der Waals surface area (Å²) in [5.41, 5.74) is -0.422. The van der Waals surface area contributed by atoms with E-state index >= 15 is 0 Å². The summed E-state index contributed by atoms with van der Waals surface area (Å²) in [4.78, 5) is 34.8. The molecule has 9 heteroatoms. The summed E-state index contributed by atoms with van der Waals surface area (Å²) in [5.74, 6) is -1.50. The molecule has 2 amide bonds. The van der Waals surface area contributed by atoms with Gasteiger partial charge in [0.05, 0.1) is 5.56 Å². The molecule has 0 aliphatic carbocycles. The SMILES string of the molecule is CC(C)(C)OC(=O)NCCNC(=O)c1ccc(S)cc1OCC(=O)O. The molecule has 1 aromatic carbocycles. The quantitative estimate of drug-likeness (QED) is 0.429. The van der Waals surface area contributed by atoms with Gasteiger partial charge in [-0.05, 0) is 39.0 Å². The first kappa shape index (κ1) is 20.6. The van der Waals surface area contributed by atoms with Crippen molar-refractivity contribution in [2.45, 2.75) is 31.3 Å². The van der Waals surface area contributed by atoms with Crippen molar-refractivity contribution in [2.24, 2.45) is 0 Å². The molecule has 138 valence electrons. The summed E-state index contributed by atoms with van der Waals surface area (Å²) >= 11 is 4.14. The number of carboxylic acid groups (broad SMARTS) is 1. The van der Waals surface area contributed by atoms with Gasteiger partial charge in [-0.3, -0.25) is 4.79 Å². The van der Waals surface area contributed by atoms with Crippen molar-refractivity contribution < 1.29 is 29.0 Å². The van der Waals surface area contributed by atoms with E-state index in [-0.39, 0.29) is 24.4 Å². The number of hydrogen-bond acceptors (Lipinski definition) is 6. The van der Waals surface area contributed by atoms with E-state index < -0.39 is 30.2 Å². The molecule has 0 radical (unpaired) electrons. The summed E-state index contributed by atoms with van der Waals surface area (Å²) in [6.07, 6.45) is -0.577. The van der Waals surface area contributed by atoms with Gasteiger partial charge in [-0.15, -0.1) is 12.6 Å². The van der Waals surface area contributed by atoms with Crippen molar-refractivity contribution >= 4 is 30.6 Å². The molecular formula is C16H22N2O6S. The number of rotatable bonds is 7. The van der Waals surface area contributed by atoms with Crippen LogP contribution in [0.5, 0.6) is 5.75 Å². The van der Waals surface area contributed by atoms with E-state index in [2.05, 4.69) is 23.3 Å². The second-order valence-corrected chi connectivity index (χ2v) is 6.56. The van der Waals surface area contributed by atoms with Crippen molar-refractivity contribution in [3.05, 3.63) is 23.8 Å². The highest BCUT2D eigenvalue weighted by molar-refractivity contribution is 7.80. The molecule has 0 aromatic heterocycles. The normalized spacial score (nSPS) is 10.7. The first-order chi connectivity index (χ1) is 11.6. The third-order valence-corrected chi connectivity index (χ3v) is 2.92. The molecule has 1 rings (SSSR count). The van der Waals surface area contributed by atoms with E-state index in [1.165, 1.54) is 12.1 Å². The lowest BCUT2D eigenvalue weighted by molar-refractivity contribution is -0.139. The Morgan fingerprint density at radius 3 is 2.40 bits per heavy atom. The Morgan fingerprint density at radius 1 is 1.16 bits per heavy atom. The lowest BCUT2D eigenvalue weighted by Gasteiger charge is -2.19. The summed E-state index contributed by atoms with van der Waals surface area (Å²) in [7, 11) is 0. The van der Waals surface area contributed by atoms with Gasteiger partial charge in [0.2, 0.25) is 0 Å². The van der Waals surface area contributed by atoms with Crippen LogP contribution < -0.4 is 15.4 Å². The minimum atomic E-state index is -1.16. The zero-order chi connectivity index (χ0) is 19.0. The van der Waals surface area contributed by atoms with Crippen molar-refractivity contribution in [2.75, 3.05) is 19.7 Å². The van der Waals surface area contributed by atoms with Crippen LogP contribution >= 0.6 is 12.6 Å². The molecule has 0 atom stereocenters. The van der Waals surface area contributed by atoms with E-state index in [0.29, 0.717) is 4.90 Å². The smallest absolute Gasteiger partial charge is 0.407 e. The van der Waals surface area contributed by atoms with Crippen LogP contribution in [0, 0.1) is 0 Å².